The van der Waals surface area contributed by atoms with Crippen LogP contribution in [0.3, 0.4) is 0 Å². The molecule has 0 spiro atoms. The summed E-state index contributed by atoms with van der Waals surface area (Å²) in [7, 11) is 2.17. The molecule has 86 valence electrons. The molecule has 0 atom stereocenters. The maximum atomic E-state index is 4.79. The third-order valence-electron chi connectivity index (χ3n) is 3.46. The Morgan fingerprint density at radius 2 is 1.94 bits per heavy atom. The molecule has 1 fully saturated rings. The molecule has 0 saturated carbocycles. The van der Waals surface area contributed by atoms with Crippen LogP contribution in [0.5, 0.6) is 0 Å². The number of nitrogens with zero attached hydrogens (tertiary/aromatic N) is 4. The van der Waals surface area contributed by atoms with Gasteiger partial charge in [0.05, 0.1) is 11.4 Å². The number of fused-ring (bicyclic) bond motifs is 1. The summed E-state index contributed by atoms with van der Waals surface area (Å²) in [6.45, 7) is 5.45. The van der Waals surface area contributed by atoms with Crippen LogP contribution < -0.4 is 0 Å². The van der Waals surface area contributed by atoms with E-state index in [1.807, 2.05) is 0 Å². The van der Waals surface area contributed by atoms with Crippen LogP contribution in [0.25, 0.3) is 0 Å². The van der Waals surface area contributed by atoms with Crippen LogP contribution >= 0.6 is 0 Å². The molecule has 1 saturated heterocycles. The minimum Gasteiger partial charge on any atom is -0.346 e. The van der Waals surface area contributed by atoms with Gasteiger partial charge in [0.15, 0.2) is 0 Å². The highest BCUT2D eigenvalue weighted by Gasteiger charge is 2.19. The minimum absolute atomic E-state index is 1.06. The number of likely N-dealkylation sites (N-methyl/N-ethyl adjacent to an activating group) is 1. The van der Waals surface area contributed by atoms with Crippen LogP contribution in [-0.4, -0.2) is 53.4 Å². The summed E-state index contributed by atoms with van der Waals surface area (Å²) < 4.78 is 2.29. The summed E-state index contributed by atoms with van der Waals surface area (Å²) in [6.07, 6.45) is 3.23. The van der Waals surface area contributed by atoms with Crippen molar-refractivity contribution >= 4 is 5.71 Å². The molecule has 0 amide bonds. The van der Waals surface area contributed by atoms with Crippen molar-refractivity contribution in [3.63, 3.8) is 0 Å². The number of aromatic nitrogens is 1. The van der Waals surface area contributed by atoms with Crippen molar-refractivity contribution in [2.24, 2.45) is 5.10 Å². The first-order valence-electron chi connectivity index (χ1n) is 5.99. The molecule has 3 rings (SSSR count). The molecule has 16 heavy (non-hydrogen) atoms. The second kappa shape index (κ2) is 3.94. The van der Waals surface area contributed by atoms with Crippen LogP contribution in [0.15, 0.2) is 23.4 Å². The second-order valence-corrected chi connectivity index (χ2v) is 4.64. The molecule has 1 aromatic heterocycles. The lowest BCUT2D eigenvalue weighted by atomic mass is 10.2. The Kier molecular flexibility index (Phi) is 2.44. The fraction of sp³-hybridized carbons (Fsp3) is 0.583. The quantitative estimate of drug-likeness (QED) is 0.697. The molecule has 0 aromatic carbocycles. The Balaban J connectivity index is 1.74. The van der Waals surface area contributed by atoms with Gasteiger partial charge in [0.2, 0.25) is 0 Å². The van der Waals surface area contributed by atoms with Gasteiger partial charge in [0.1, 0.15) is 0 Å². The van der Waals surface area contributed by atoms with E-state index in [0.717, 1.165) is 39.1 Å². The standard InChI is InChI=1S/C12H18N4/c1-14-7-9-16(10-8-14)13-11-4-6-15-5-2-3-12(11)15/h2-3,5H,4,6-10H2,1H3. The van der Waals surface area contributed by atoms with Gasteiger partial charge in [0.25, 0.3) is 0 Å². The molecule has 3 heterocycles. The number of hydrogen-bond acceptors (Lipinski definition) is 3. The van der Waals surface area contributed by atoms with Gasteiger partial charge in [-0.3, -0.25) is 5.01 Å². The third-order valence-corrected chi connectivity index (χ3v) is 3.46. The average molecular weight is 218 g/mol. The van der Waals surface area contributed by atoms with Crippen LogP contribution in [0.2, 0.25) is 0 Å². The van der Waals surface area contributed by atoms with Crippen LogP contribution in [0, 0.1) is 0 Å². The maximum Gasteiger partial charge on any atom is 0.0859 e. The molecule has 0 aliphatic carbocycles. The highest BCUT2D eigenvalue weighted by atomic mass is 15.5. The first-order valence-corrected chi connectivity index (χ1v) is 5.99. The van der Waals surface area contributed by atoms with E-state index in [1.165, 1.54) is 11.4 Å². The molecule has 0 unspecified atom stereocenters. The lowest BCUT2D eigenvalue weighted by molar-refractivity contribution is 0.159. The predicted molar refractivity (Wildman–Crippen MR) is 64.7 cm³/mol. The van der Waals surface area contributed by atoms with E-state index in [4.69, 9.17) is 5.10 Å². The lowest BCUT2D eigenvalue weighted by Gasteiger charge is -2.30. The number of rotatable bonds is 1. The van der Waals surface area contributed by atoms with Crippen molar-refractivity contribution in [3.8, 4) is 0 Å². The number of piperazine rings is 1. The van der Waals surface area contributed by atoms with Crippen molar-refractivity contribution in [2.75, 3.05) is 33.2 Å². The van der Waals surface area contributed by atoms with Crippen LogP contribution in [0.1, 0.15) is 12.1 Å². The van der Waals surface area contributed by atoms with Gasteiger partial charge in [-0.25, -0.2) is 0 Å². The van der Waals surface area contributed by atoms with Crippen molar-refractivity contribution < 1.29 is 0 Å². The van der Waals surface area contributed by atoms with Gasteiger partial charge < -0.3 is 9.47 Å². The van der Waals surface area contributed by atoms with Gasteiger partial charge in [-0.05, 0) is 19.2 Å². The first-order chi connectivity index (χ1) is 7.83. The first kappa shape index (κ1) is 9.90. The summed E-state index contributed by atoms with van der Waals surface area (Å²) in [5.41, 5.74) is 2.56. The van der Waals surface area contributed by atoms with Crippen molar-refractivity contribution in [1.82, 2.24) is 14.5 Å². The molecular formula is C12H18N4. The normalized spacial score (nSPS) is 24.1. The number of hydrogen-bond donors (Lipinski definition) is 0. The summed E-state index contributed by atoms with van der Waals surface area (Å²) in [6, 6.07) is 4.27. The SMILES string of the molecule is CN1CCN(N=C2CCn3cccc32)CC1. The summed E-state index contributed by atoms with van der Waals surface area (Å²) in [4.78, 5) is 2.36. The van der Waals surface area contributed by atoms with Crippen LogP contribution in [-0.2, 0) is 6.54 Å². The van der Waals surface area contributed by atoms with Crippen molar-refractivity contribution in [1.29, 1.82) is 0 Å². The van der Waals surface area contributed by atoms with Gasteiger partial charge >= 0.3 is 0 Å². The van der Waals surface area contributed by atoms with E-state index in [-0.39, 0.29) is 0 Å². The van der Waals surface area contributed by atoms with Gasteiger partial charge in [-0.1, -0.05) is 0 Å². The molecular weight excluding hydrogens is 200 g/mol. The Hall–Kier alpha value is -1.29. The second-order valence-electron chi connectivity index (χ2n) is 4.64. The zero-order valence-corrected chi connectivity index (χ0v) is 9.76. The summed E-state index contributed by atoms with van der Waals surface area (Å²) in [5, 5.41) is 7.01. The molecule has 4 heteroatoms. The van der Waals surface area contributed by atoms with E-state index in [2.05, 4.69) is 39.9 Å². The van der Waals surface area contributed by atoms with E-state index in [1.54, 1.807) is 0 Å². The fourth-order valence-corrected chi connectivity index (χ4v) is 2.39. The van der Waals surface area contributed by atoms with E-state index in [0.29, 0.717) is 0 Å². The molecule has 2 aliphatic heterocycles. The highest BCUT2D eigenvalue weighted by molar-refractivity contribution is 6.00. The van der Waals surface area contributed by atoms with E-state index in [9.17, 15) is 0 Å². The molecule has 0 radical (unpaired) electrons. The molecule has 0 N–H and O–H groups in total. The van der Waals surface area contributed by atoms with Crippen molar-refractivity contribution in [3.05, 3.63) is 24.0 Å². The molecule has 4 nitrogen and oxygen atoms in total. The zero-order chi connectivity index (χ0) is 11.0. The largest absolute Gasteiger partial charge is 0.346 e. The number of aryl methyl sites for hydroxylation is 1. The molecule has 1 aromatic rings. The summed E-state index contributed by atoms with van der Waals surface area (Å²) in [5.74, 6) is 0. The smallest absolute Gasteiger partial charge is 0.0859 e. The Bertz CT molecular complexity index is 399. The topological polar surface area (TPSA) is 23.8 Å². The van der Waals surface area contributed by atoms with E-state index >= 15 is 0 Å². The third kappa shape index (κ3) is 1.73. The average Bonchev–Trinajstić information content (AvgIpc) is 2.86. The maximum absolute atomic E-state index is 4.79. The van der Waals surface area contributed by atoms with Gasteiger partial charge in [0, 0.05) is 45.3 Å². The van der Waals surface area contributed by atoms with E-state index < -0.39 is 0 Å². The lowest BCUT2D eigenvalue weighted by Crippen LogP contribution is -2.42. The fourth-order valence-electron chi connectivity index (χ4n) is 2.39. The van der Waals surface area contributed by atoms with Gasteiger partial charge in [-0.15, -0.1) is 0 Å². The summed E-state index contributed by atoms with van der Waals surface area (Å²) >= 11 is 0. The minimum atomic E-state index is 1.06. The van der Waals surface area contributed by atoms with Crippen molar-refractivity contribution in [2.45, 2.75) is 13.0 Å². The number of hydrazone groups is 1. The van der Waals surface area contributed by atoms with Gasteiger partial charge in [-0.2, -0.15) is 5.10 Å². The Labute approximate surface area is 96.1 Å². The molecule has 2 aliphatic rings. The monoisotopic (exact) mass is 218 g/mol. The Morgan fingerprint density at radius 3 is 2.75 bits per heavy atom. The van der Waals surface area contributed by atoms with Crippen LogP contribution in [0.4, 0.5) is 0 Å². The highest BCUT2D eigenvalue weighted by Crippen LogP contribution is 2.17. The predicted octanol–water partition coefficient (Wildman–Crippen LogP) is 0.843. The Morgan fingerprint density at radius 1 is 1.12 bits per heavy atom. The zero-order valence-electron chi connectivity index (χ0n) is 9.76. The molecule has 0 bridgehead atoms.